The molecule has 16 heavy (non-hydrogen) atoms. The van der Waals surface area contributed by atoms with Gasteiger partial charge in [0.25, 0.3) is 0 Å². The van der Waals surface area contributed by atoms with Crippen molar-refractivity contribution in [1.29, 1.82) is 0 Å². The number of hydrogen-bond donors (Lipinski definition) is 1. The Hall–Kier alpha value is -1.31. The number of fused-ring (bicyclic) bond motifs is 1. The molecule has 0 unspecified atom stereocenters. The minimum atomic E-state index is -0.696. The van der Waals surface area contributed by atoms with Crippen LogP contribution in [0, 0.1) is 0 Å². The molecule has 2 nitrogen and oxygen atoms in total. The molecule has 86 valence electrons. The lowest BCUT2D eigenvalue weighted by Gasteiger charge is -2.16. The molecule has 0 aliphatic heterocycles. The van der Waals surface area contributed by atoms with E-state index in [-0.39, 0.29) is 6.42 Å². The van der Waals surface area contributed by atoms with Crippen molar-refractivity contribution in [2.24, 2.45) is 0 Å². The Balaban J connectivity index is 1.97. The molecule has 1 aromatic carbocycles. The van der Waals surface area contributed by atoms with Crippen molar-refractivity contribution in [3.05, 3.63) is 34.9 Å². The van der Waals surface area contributed by atoms with E-state index in [1.54, 1.807) is 0 Å². The molecule has 1 aromatic rings. The number of carboxylic acid groups (broad SMARTS) is 1. The maximum Gasteiger partial charge on any atom is 0.303 e. The summed E-state index contributed by atoms with van der Waals surface area (Å²) in [6, 6.07) is 6.66. The molecule has 0 fully saturated rings. The van der Waals surface area contributed by atoms with E-state index in [1.807, 2.05) is 0 Å². The minimum Gasteiger partial charge on any atom is -0.481 e. The summed E-state index contributed by atoms with van der Waals surface area (Å²) in [4.78, 5) is 10.4. The normalized spacial score (nSPS) is 14.5. The summed E-state index contributed by atoms with van der Waals surface area (Å²) >= 11 is 0. The molecule has 0 spiro atoms. The summed E-state index contributed by atoms with van der Waals surface area (Å²) in [6.45, 7) is 0. The van der Waals surface area contributed by atoms with Gasteiger partial charge in [-0.15, -0.1) is 0 Å². The monoisotopic (exact) mass is 231 g/mol. The van der Waals surface area contributed by atoms with Crippen molar-refractivity contribution < 1.29 is 9.90 Å². The first-order chi connectivity index (χ1) is 7.75. The van der Waals surface area contributed by atoms with Gasteiger partial charge in [0.15, 0.2) is 0 Å². The summed E-state index contributed by atoms with van der Waals surface area (Å²) < 4.78 is 0. The third kappa shape index (κ3) is 2.84. The fourth-order valence-corrected chi connectivity index (χ4v) is 2.39. The number of hydrogen-bond acceptors (Lipinski definition) is 1. The molecule has 0 atom stereocenters. The van der Waals surface area contributed by atoms with E-state index >= 15 is 0 Å². The number of rotatable bonds is 4. The van der Waals surface area contributed by atoms with E-state index in [1.165, 1.54) is 42.4 Å². The minimum absolute atomic E-state index is 0.275. The zero-order chi connectivity index (χ0) is 11.4. The Bertz CT molecular complexity index is 382. The zero-order valence-corrected chi connectivity index (χ0v) is 9.54. The van der Waals surface area contributed by atoms with Gasteiger partial charge in [-0.3, -0.25) is 4.79 Å². The molecule has 2 rings (SSSR count). The first-order valence-electron chi connectivity index (χ1n) is 6.08. The lowest BCUT2D eigenvalue weighted by atomic mass is 10.6. The first-order valence-corrected chi connectivity index (χ1v) is 6.08. The highest BCUT2D eigenvalue weighted by atomic mass is 16.5. The summed E-state index contributed by atoms with van der Waals surface area (Å²) in [7, 11) is 0. The standard InChI is InChI=1S/C14H18O2/c15-14(16)7-3-4-11-8-9-12-5-1-2-6-13(12)10-11/h8-10H,1-7H2,(H,15,16)/i1+1,2+1,3+1,4+1,5+1,6+1,7+1,8+1,9+1,10+1,11+1,12+1,14+1. The van der Waals surface area contributed by atoms with E-state index < -0.39 is 5.97 Å². The third-order valence-electron chi connectivity index (χ3n) is 3.27. The average Bonchev–Trinajstić information content (AvgIpc) is 2.28. The molecule has 0 bridgehead atoms. The van der Waals surface area contributed by atoms with Crippen molar-refractivity contribution >= 4 is 5.97 Å². The summed E-state index contributed by atoms with van der Waals surface area (Å²) in [5.41, 5.74) is 4.27. The van der Waals surface area contributed by atoms with E-state index in [0.717, 1.165) is 12.8 Å². The fourth-order valence-electron chi connectivity index (χ4n) is 2.39. The van der Waals surface area contributed by atoms with Crippen molar-refractivity contribution in [1.82, 2.24) is 0 Å². The van der Waals surface area contributed by atoms with Crippen molar-refractivity contribution in [2.75, 3.05) is 0 Å². The molecule has 0 radical (unpaired) electrons. The van der Waals surface area contributed by atoms with Gasteiger partial charge in [-0.25, -0.2) is 0 Å². The van der Waals surface area contributed by atoms with Crippen LogP contribution in [0.1, 0.15) is 42.4 Å². The van der Waals surface area contributed by atoms with Crippen LogP contribution < -0.4 is 0 Å². The van der Waals surface area contributed by atoms with Crippen LogP contribution in [0.15, 0.2) is 18.2 Å². The van der Waals surface area contributed by atoms with Gasteiger partial charge in [-0.2, -0.15) is 0 Å². The Morgan fingerprint density at radius 3 is 2.69 bits per heavy atom. The van der Waals surface area contributed by atoms with Crippen LogP contribution in [0.3, 0.4) is 0 Å². The van der Waals surface area contributed by atoms with Gasteiger partial charge in [0.2, 0.25) is 0 Å². The van der Waals surface area contributed by atoms with Gasteiger partial charge in [0.05, 0.1) is 0 Å². The lowest BCUT2D eigenvalue weighted by molar-refractivity contribution is -0.137. The van der Waals surface area contributed by atoms with Crippen LogP contribution >= 0.6 is 0 Å². The largest absolute Gasteiger partial charge is 0.481 e. The fraction of sp³-hybridized carbons (Fsp3) is 0.500. The first kappa shape index (κ1) is 11.2. The number of aryl methyl sites for hydroxylation is 3. The summed E-state index contributed by atoms with van der Waals surface area (Å²) in [6.07, 6.45) is 6.93. The van der Waals surface area contributed by atoms with Crippen LogP contribution in [0.25, 0.3) is 0 Å². The van der Waals surface area contributed by atoms with E-state index in [4.69, 9.17) is 5.11 Å². The Kier molecular flexibility index (Phi) is 3.60. The van der Waals surface area contributed by atoms with Crippen LogP contribution in [0.4, 0.5) is 0 Å². The number of carboxylic acids is 1. The van der Waals surface area contributed by atoms with Crippen LogP contribution in [-0.2, 0) is 24.1 Å². The van der Waals surface area contributed by atoms with Crippen molar-refractivity contribution in [3.63, 3.8) is 0 Å². The second kappa shape index (κ2) is 5.15. The van der Waals surface area contributed by atoms with Crippen molar-refractivity contribution in [2.45, 2.75) is 44.9 Å². The molecule has 0 amide bonds. The van der Waals surface area contributed by atoms with Gasteiger partial charge in [-0.1, -0.05) is 18.2 Å². The predicted octanol–water partition coefficient (Wildman–Crippen LogP) is 2.97. The van der Waals surface area contributed by atoms with Crippen LogP contribution in [0.5, 0.6) is 0 Å². The SMILES string of the molecule is O=[13C](O)[13CH2][13CH2][13CH2][13c]1[13cH][13cH][13c]2c([13cH]1)[13CH2][13CH2][13CH2][13CH2]2. The van der Waals surface area contributed by atoms with Crippen molar-refractivity contribution in [3.8, 4) is 0 Å². The van der Waals surface area contributed by atoms with Gasteiger partial charge in [0, 0.05) is 6.42 Å². The lowest BCUT2D eigenvalue weighted by Crippen LogP contribution is -2.03. The molecule has 1 aliphatic carbocycles. The molecular weight excluding hydrogens is 213 g/mol. The second-order valence-corrected chi connectivity index (χ2v) is 4.56. The molecule has 0 saturated heterocycles. The zero-order valence-electron chi connectivity index (χ0n) is 9.54. The number of carbonyl (C=O) groups is 1. The van der Waals surface area contributed by atoms with E-state index in [0.29, 0.717) is 0 Å². The number of benzene rings is 1. The van der Waals surface area contributed by atoms with Crippen LogP contribution in [-0.4, -0.2) is 11.1 Å². The maximum atomic E-state index is 10.4. The molecule has 0 heterocycles. The van der Waals surface area contributed by atoms with Gasteiger partial charge in [-0.05, 0) is 55.2 Å². The molecule has 1 aliphatic rings. The topological polar surface area (TPSA) is 37.3 Å². The molecule has 2 heteroatoms. The Labute approximate surface area is 96.3 Å². The van der Waals surface area contributed by atoms with E-state index in [9.17, 15) is 4.79 Å². The quantitative estimate of drug-likeness (QED) is 0.809. The second-order valence-electron chi connectivity index (χ2n) is 4.56. The highest BCUT2D eigenvalue weighted by Gasteiger charge is 2.09. The summed E-state index contributed by atoms with van der Waals surface area (Å²) in [5, 5.41) is 8.58. The molecule has 1 N–H and O–H groups in total. The third-order valence-corrected chi connectivity index (χ3v) is 3.27. The van der Waals surface area contributed by atoms with Gasteiger partial charge >= 0.3 is 5.97 Å². The predicted molar refractivity (Wildman–Crippen MR) is 63.7 cm³/mol. The highest BCUT2D eigenvalue weighted by Crippen LogP contribution is 2.22. The Morgan fingerprint density at radius 2 is 1.94 bits per heavy atom. The molecular formula is C14H18O2. The van der Waals surface area contributed by atoms with E-state index in [2.05, 4.69) is 18.2 Å². The summed E-state index contributed by atoms with van der Waals surface area (Å²) in [5.74, 6) is -0.696. The highest BCUT2D eigenvalue weighted by molar-refractivity contribution is 5.66. The van der Waals surface area contributed by atoms with Gasteiger partial charge in [0.1, 0.15) is 0 Å². The Morgan fingerprint density at radius 1 is 1.19 bits per heavy atom. The maximum absolute atomic E-state index is 10.4. The molecule has 0 aromatic heterocycles. The smallest absolute Gasteiger partial charge is 0.303 e. The average molecular weight is 231 g/mol. The number of aliphatic carboxylic acids is 1. The molecule has 0 saturated carbocycles. The van der Waals surface area contributed by atoms with Gasteiger partial charge < -0.3 is 5.11 Å². The van der Waals surface area contributed by atoms with Crippen LogP contribution in [0.2, 0.25) is 0 Å².